The molecule has 2 heterocycles. The minimum absolute atomic E-state index is 0.135. The number of likely N-dealkylation sites (tertiary alicyclic amines) is 1. The highest BCUT2D eigenvalue weighted by Gasteiger charge is 2.30. The van der Waals surface area contributed by atoms with Crippen molar-refractivity contribution < 1.29 is 13.9 Å². The molecule has 6 heteroatoms. The van der Waals surface area contributed by atoms with E-state index in [9.17, 15) is 4.39 Å². The first-order chi connectivity index (χ1) is 12.7. The number of H-pyrrole nitrogens is 1. The maximum atomic E-state index is 13.5. The van der Waals surface area contributed by atoms with E-state index in [-0.39, 0.29) is 11.9 Å². The van der Waals surface area contributed by atoms with Crippen molar-refractivity contribution >= 4 is 0 Å². The first kappa shape index (κ1) is 16.6. The van der Waals surface area contributed by atoms with Gasteiger partial charge in [-0.05, 0) is 24.3 Å². The van der Waals surface area contributed by atoms with Crippen LogP contribution in [0.5, 0.6) is 11.5 Å². The molecule has 1 aliphatic heterocycles. The summed E-state index contributed by atoms with van der Waals surface area (Å²) in [4.78, 5) is 2.27. The Labute approximate surface area is 151 Å². The zero-order valence-electron chi connectivity index (χ0n) is 14.5. The normalized spacial score (nSPS) is 14.8. The number of hydrogen-bond acceptors (Lipinski definition) is 4. The quantitative estimate of drug-likeness (QED) is 0.737. The first-order valence-corrected chi connectivity index (χ1v) is 8.53. The van der Waals surface area contributed by atoms with Crippen LogP contribution in [0.1, 0.15) is 5.56 Å². The molecule has 0 saturated carbocycles. The zero-order valence-corrected chi connectivity index (χ0v) is 14.5. The van der Waals surface area contributed by atoms with Crippen LogP contribution in [-0.4, -0.2) is 41.4 Å². The Kier molecular flexibility index (Phi) is 4.58. The number of hydrogen-bond donors (Lipinski definition) is 1. The van der Waals surface area contributed by atoms with Gasteiger partial charge in [0.1, 0.15) is 11.9 Å². The lowest BCUT2D eigenvalue weighted by Crippen LogP contribution is -2.53. The lowest BCUT2D eigenvalue weighted by molar-refractivity contribution is 0.0132. The molecule has 0 atom stereocenters. The van der Waals surface area contributed by atoms with Gasteiger partial charge in [-0.15, -0.1) is 0 Å². The summed E-state index contributed by atoms with van der Waals surface area (Å²) in [6.07, 6.45) is 1.94. The van der Waals surface area contributed by atoms with Gasteiger partial charge in [0.15, 0.2) is 11.5 Å². The Hall–Kier alpha value is -2.86. The first-order valence-electron chi connectivity index (χ1n) is 8.53. The summed E-state index contributed by atoms with van der Waals surface area (Å²) >= 11 is 0. The Morgan fingerprint density at radius 1 is 1.15 bits per heavy atom. The lowest BCUT2D eigenvalue weighted by Gasteiger charge is -2.39. The number of nitrogens with zero attached hydrogens (tertiary/aromatic N) is 2. The predicted octanol–water partition coefficient (Wildman–Crippen LogP) is 3.49. The molecule has 0 bridgehead atoms. The van der Waals surface area contributed by atoms with Crippen LogP contribution in [0.2, 0.25) is 0 Å². The molecule has 134 valence electrons. The van der Waals surface area contributed by atoms with Gasteiger partial charge in [-0.2, -0.15) is 5.10 Å². The number of aromatic nitrogens is 2. The van der Waals surface area contributed by atoms with E-state index in [2.05, 4.69) is 15.1 Å². The number of nitrogens with one attached hydrogen (secondary N) is 1. The number of halogens is 1. The maximum Gasteiger partial charge on any atom is 0.161 e. The second-order valence-corrected chi connectivity index (χ2v) is 6.37. The molecule has 1 fully saturated rings. The van der Waals surface area contributed by atoms with E-state index in [4.69, 9.17) is 9.47 Å². The maximum absolute atomic E-state index is 13.5. The summed E-state index contributed by atoms with van der Waals surface area (Å²) < 4.78 is 24.8. The highest BCUT2D eigenvalue weighted by molar-refractivity contribution is 5.62. The minimum Gasteiger partial charge on any atom is -0.493 e. The van der Waals surface area contributed by atoms with Gasteiger partial charge in [0.05, 0.1) is 19.0 Å². The van der Waals surface area contributed by atoms with E-state index < -0.39 is 0 Å². The van der Waals surface area contributed by atoms with Gasteiger partial charge in [-0.25, -0.2) is 4.39 Å². The summed E-state index contributed by atoms with van der Waals surface area (Å²) in [7, 11) is 1.64. The summed E-state index contributed by atoms with van der Waals surface area (Å²) in [5.41, 5.74) is 2.71. The third-order valence-electron chi connectivity index (χ3n) is 4.51. The molecule has 1 aliphatic rings. The molecule has 0 unspecified atom stereocenters. The number of benzene rings is 2. The minimum atomic E-state index is -0.253. The number of aromatic amines is 1. The molecular formula is C20H20FN3O2. The monoisotopic (exact) mass is 353 g/mol. The molecule has 1 aromatic heterocycles. The molecule has 5 nitrogen and oxygen atoms in total. The number of para-hydroxylation sites is 2. The molecule has 4 rings (SSSR count). The molecule has 2 aromatic carbocycles. The number of ether oxygens (including phenoxy) is 2. The summed E-state index contributed by atoms with van der Waals surface area (Å²) in [5.74, 6) is 1.26. The second kappa shape index (κ2) is 7.17. The van der Waals surface area contributed by atoms with Crippen molar-refractivity contribution in [3.63, 3.8) is 0 Å². The fourth-order valence-electron chi connectivity index (χ4n) is 3.19. The van der Waals surface area contributed by atoms with E-state index in [1.807, 2.05) is 30.3 Å². The molecule has 3 aromatic rings. The van der Waals surface area contributed by atoms with Gasteiger partial charge in [0.25, 0.3) is 0 Å². The molecule has 0 amide bonds. The van der Waals surface area contributed by atoms with E-state index in [0.29, 0.717) is 0 Å². The van der Waals surface area contributed by atoms with E-state index in [1.165, 1.54) is 12.1 Å². The fourth-order valence-corrected chi connectivity index (χ4v) is 3.19. The average Bonchev–Trinajstić information content (AvgIpc) is 3.08. The lowest BCUT2D eigenvalue weighted by atomic mass is 10.1. The molecular weight excluding hydrogens is 333 g/mol. The van der Waals surface area contributed by atoms with Crippen molar-refractivity contribution in [1.29, 1.82) is 0 Å². The highest BCUT2D eigenvalue weighted by Crippen LogP contribution is 2.30. The third-order valence-corrected chi connectivity index (χ3v) is 4.51. The van der Waals surface area contributed by atoms with Crippen molar-refractivity contribution in [3.8, 4) is 22.8 Å². The van der Waals surface area contributed by atoms with Crippen LogP contribution >= 0.6 is 0 Å². The fraction of sp³-hybridized carbons (Fsp3) is 0.250. The topological polar surface area (TPSA) is 50.4 Å². The van der Waals surface area contributed by atoms with Crippen molar-refractivity contribution in [2.75, 3.05) is 20.2 Å². The standard InChI is InChI=1S/C20H20FN3O2/c1-25-18-7-2-3-8-19(18)26-17-12-24(13-17)11-15-10-22-23-20(15)14-5-4-6-16(21)9-14/h2-10,17H,11-13H2,1H3,(H,22,23). The smallest absolute Gasteiger partial charge is 0.161 e. The second-order valence-electron chi connectivity index (χ2n) is 6.37. The Morgan fingerprint density at radius 2 is 1.96 bits per heavy atom. The van der Waals surface area contributed by atoms with Crippen molar-refractivity contribution in [1.82, 2.24) is 15.1 Å². The van der Waals surface area contributed by atoms with Crippen LogP contribution in [0.15, 0.2) is 54.7 Å². The highest BCUT2D eigenvalue weighted by atomic mass is 19.1. The average molecular weight is 353 g/mol. The van der Waals surface area contributed by atoms with Gasteiger partial charge in [0.2, 0.25) is 0 Å². The van der Waals surface area contributed by atoms with Gasteiger partial charge in [-0.3, -0.25) is 10.00 Å². The third kappa shape index (κ3) is 3.41. The molecule has 0 radical (unpaired) electrons. The molecule has 1 saturated heterocycles. The van der Waals surface area contributed by atoms with Crippen LogP contribution in [0.4, 0.5) is 4.39 Å². The van der Waals surface area contributed by atoms with Gasteiger partial charge in [-0.1, -0.05) is 24.3 Å². The van der Waals surface area contributed by atoms with Gasteiger partial charge in [0, 0.05) is 30.8 Å². The molecule has 1 N–H and O–H groups in total. The van der Waals surface area contributed by atoms with Crippen LogP contribution < -0.4 is 9.47 Å². The molecule has 26 heavy (non-hydrogen) atoms. The summed E-state index contributed by atoms with van der Waals surface area (Å²) in [6.45, 7) is 2.39. The van der Waals surface area contributed by atoms with Gasteiger partial charge >= 0.3 is 0 Å². The van der Waals surface area contributed by atoms with Crippen molar-refractivity contribution in [2.45, 2.75) is 12.6 Å². The van der Waals surface area contributed by atoms with Crippen LogP contribution in [0.25, 0.3) is 11.3 Å². The number of rotatable bonds is 6. The molecule has 0 spiro atoms. The van der Waals surface area contributed by atoms with E-state index in [0.717, 1.165) is 48.0 Å². The van der Waals surface area contributed by atoms with Crippen LogP contribution in [0.3, 0.4) is 0 Å². The van der Waals surface area contributed by atoms with Crippen LogP contribution in [0, 0.1) is 5.82 Å². The number of methoxy groups -OCH3 is 1. The van der Waals surface area contributed by atoms with Crippen LogP contribution in [-0.2, 0) is 6.54 Å². The summed E-state index contributed by atoms with van der Waals surface area (Å²) in [5, 5.41) is 7.11. The Bertz CT molecular complexity index is 890. The Balaban J connectivity index is 1.37. The van der Waals surface area contributed by atoms with Crippen molar-refractivity contribution in [3.05, 3.63) is 66.1 Å². The molecule has 0 aliphatic carbocycles. The largest absolute Gasteiger partial charge is 0.493 e. The summed E-state index contributed by atoms with van der Waals surface area (Å²) in [6, 6.07) is 14.2. The Morgan fingerprint density at radius 3 is 2.73 bits per heavy atom. The van der Waals surface area contributed by atoms with E-state index >= 15 is 0 Å². The zero-order chi connectivity index (χ0) is 17.9. The predicted molar refractivity (Wildman–Crippen MR) is 96.7 cm³/mol. The van der Waals surface area contributed by atoms with Gasteiger partial charge < -0.3 is 9.47 Å². The van der Waals surface area contributed by atoms with Crippen molar-refractivity contribution in [2.24, 2.45) is 0 Å². The van der Waals surface area contributed by atoms with E-state index in [1.54, 1.807) is 19.4 Å². The SMILES string of the molecule is COc1ccccc1OC1CN(Cc2cn[nH]c2-c2cccc(F)c2)C1.